The van der Waals surface area contributed by atoms with Crippen molar-refractivity contribution in [2.45, 2.75) is 50.9 Å². The molecule has 36 heavy (non-hydrogen) atoms. The van der Waals surface area contributed by atoms with E-state index in [1.54, 1.807) is 29.2 Å². The van der Waals surface area contributed by atoms with E-state index in [0.717, 1.165) is 11.1 Å². The van der Waals surface area contributed by atoms with Gasteiger partial charge in [0.05, 0.1) is 11.3 Å². The average molecular weight is 479 g/mol. The van der Waals surface area contributed by atoms with Gasteiger partial charge >= 0.3 is 0 Å². The van der Waals surface area contributed by atoms with E-state index in [0.29, 0.717) is 35.7 Å². The van der Waals surface area contributed by atoms with Gasteiger partial charge in [0, 0.05) is 30.0 Å². The van der Waals surface area contributed by atoms with E-state index in [2.05, 4.69) is 26.0 Å². The Kier molecular flexibility index (Phi) is 6.31. The number of ketones is 1. The van der Waals surface area contributed by atoms with Gasteiger partial charge in [-0.2, -0.15) is 0 Å². The summed E-state index contributed by atoms with van der Waals surface area (Å²) in [5.74, 6) is -0.649. The molecule has 0 saturated carbocycles. The molecule has 5 nitrogen and oxygen atoms in total. The van der Waals surface area contributed by atoms with E-state index >= 15 is 0 Å². The maximum absolute atomic E-state index is 13.8. The van der Waals surface area contributed by atoms with Crippen molar-refractivity contribution in [3.8, 4) is 0 Å². The fraction of sp³-hybridized carbons (Fsp3) is 0.258. The second kappa shape index (κ2) is 9.57. The van der Waals surface area contributed by atoms with Crippen LogP contribution in [0.2, 0.25) is 0 Å². The topological polar surface area (TPSA) is 80.5 Å². The van der Waals surface area contributed by atoms with Gasteiger partial charge in [-0.3, -0.25) is 19.3 Å². The smallest absolute Gasteiger partial charge is 0.250 e. The third kappa shape index (κ3) is 4.26. The first-order chi connectivity index (χ1) is 17.3. The molecule has 2 N–H and O–H groups in total. The molecule has 2 unspecified atom stereocenters. The minimum atomic E-state index is -0.603. The molecule has 5 rings (SSSR count). The number of benzene rings is 3. The molecular formula is C31H30N2O3. The predicted octanol–water partition coefficient (Wildman–Crippen LogP) is 5.83. The number of nitrogens with two attached hydrogens (primary N) is 1. The van der Waals surface area contributed by atoms with Crippen LogP contribution in [0.5, 0.6) is 0 Å². The van der Waals surface area contributed by atoms with Crippen molar-refractivity contribution in [1.29, 1.82) is 0 Å². The van der Waals surface area contributed by atoms with Crippen molar-refractivity contribution >= 4 is 23.3 Å². The van der Waals surface area contributed by atoms with Crippen molar-refractivity contribution < 1.29 is 14.4 Å². The van der Waals surface area contributed by atoms with E-state index in [1.165, 1.54) is 5.56 Å². The second-order valence-electron chi connectivity index (χ2n) is 9.99. The number of hydrogen-bond donors (Lipinski definition) is 1. The Labute approximate surface area is 211 Å². The van der Waals surface area contributed by atoms with Crippen LogP contribution in [0.25, 0.3) is 0 Å². The minimum absolute atomic E-state index is 0.0458. The molecule has 1 heterocycles. The number of primary amides is 1. The first-order valence-corrected chi connectivity index (χ1v) is 12.5. The SMILES string of the molecule is CC(C)c1ccc(C2CC(=O)N(c3ccccc3C(N)=O)C3=C2C(=O)CC(c2ccccc2)C3)cc1. The molecule has 3 aromatic rings. The standard InChI is InChI=1S/C31H30N2O3/c1-19(2)20-12-14-22(15-13-20)25-18-29(35)33(26-11-7-6-10-24(26)31(32)36)27-16-23(17-28(34)30(25)27)21-8-4-3-5-9-21/h3-15,19,23,25H,16-18H2,1-2H3,(H2,32,36). The number of hydrogen-bond acceptors (Lipinski definition) is 3. The summed E-state index contributed by atoms with van der Waals surface area (Å²) in [5, 5.41) is 0. The molecule has 3 aromatic carbocycles. The molecular weight excluding hydrogens is 448 g/mol. The second-order valence-corrected chi connectivity index (χ2v) is 9.99. The molecule has 2 amide bonds. The van der Waals surface area contributed by atoms with Gasteiger partial charge in [0.2, 0.25) is 5.91 Å². The zero-order chi connectivity index (χ0) is 25.4. The fourth-order valence-corrected chi connectivity index (χ4v) is 5.55. The van der Waals surface area contributed by atoms with E-state index in [-0.39, 0.29) is 35.5 Å². The van der Waals surface area contributed by atoms with E-state index in [1.807, 2.05) is 42.5 Å². The Morgan fingerprint density at radius 2 is 1.50 bits per heavy atom. The fourth-order valence-electron chi connectivity index (χ4n) is 5.55. The monoisotopic (exact) mass is 478 g/mol. The molecule has 2 atom stereocenters. The Morgan fingerprint density at radius 3 is 2.17 bits per heavy atom. The lowest BCUT2D eigenvalue weighted by Gasteiger charge is -2.41. The Balaban J connectivity index is 1.67. The summed E-state index contributed by atoms with van der Waals surface area (Å²) in [6, 6.07) is 25.1. The van der Waals surface area contributed by atoms with Crippen LogP contribution in [0, 0.1) is 0 Å². The zero-order valence-electron chi connectivity index (χ0n) is 20.6. The highest BCUT2D eigenvalue weighted by Crippen LogP contribution is 2.47. The zero-order valence-corrected chi connectivity index (χ0v) is 20.6. The summed E-state index contributed by atoms with van der Waals surface area (Å²) < 4.78 is 0. The molecule has 0 bridgehead atoms. The van der Waals surface area contributed by atoms with Crippen LogP contribution in [-0.2, 0) is 9.59 Å². The first-order valence-electron chi connectivity index (χ1n) is 12.5. The molecule has 182 valence electrons. The minimum Gasteiger partial charge on any atom is -0.366 e. The summed E-state index contributed by atoms with van der Waals surface area (Å²) in [5.41, 5.74) is 11.0. The van der Waals surface area contributed by atoms with Crippen LogP contribution in [0.15, 0.2) is 90.1 Å². The Hall–Kier alpha value is -3.99. The summed E-state index contributed by atoms with van der Waals surface area (Å²) in [6.45, 7) is 4.28. The first kappa shape index (κ1) is 23.7. The molecule has 0 saturated heterocycles. The summed E-state index contributed by atoms with van der Waals surface area (Å²) in [6.07, 6.45) is 1.09. The van der Waals surface area contributed by atoms with Gasteiger partial charge in [-0.15, -0.1) is 0 Å². The number of Topliss-reactive ketones (excluding diaryl/α,β-unsaturated/α-hetero) is 1. The lowest BCUT2D eigenvalue weighted by molar-refractivity contribution is -0.120. The lowest BCUT2D eigenvalue weighted by atomic mass is 9.72. The Bertz CT molecular complexity index is 1360. The maximum Gasteiger partial charge on any atom is 0.250 e. The average Bonchev–Trinajstić information content (AvgIpc) is 2.88. The van der Waals surface area contributed by atoms with Crippen molar-refractivity contribution in [3.05, 3.63) is 112 Å². The van der Waals surface area contributed by atoms with Gasteiger partial charge in [0.25, 0.3) is 5.91 Å². The van der Waals surface area contributed by atoms with Crippen LogP contribution in [0.3, 0.4) is 0 Å². The highest BCUT2D eigenvalue weighted by Gasteiger charge is 2.43. The molecule has 0 fully saturated rings. The largest absolute Gasteiger partial charge is 0.366 e. The van der Waals surface area contributed by atoms with Gasteiger partial charge in [-0.05, 0) is 47.1 Å². The normalized spacial score (nSPS) is 20.0. The number of amides is 2. The van der Waals surface area contributed by atoms with Crippen LogP contribution in [0.1, 0.15) is 77.9 Å². The van der Waals surface area contributed by atoms with Crippen LogP contribution < -0.4 is 10.6 Å². The van der Waals surface area contributed by atoms with E-state index < -0.39 is 5.91 Å². The Morgan fingerprint density at radius 1 is 0.833 bits per heavy atom. The van der Waals surface area contributed by atoms with Crippen LogP contribution in [0.4, 0.5) is 5.69 Å². The predicted molar refractivity (Wildman–Crippen MR) is 141 cm³/mol. The summed E-state index contributed by atoms with van der Waals surface area (Å²) in [4.78, 5) is 41.4. The number of allylic oxidation sites excluding steroid dienone is 2. The highest BCUT2D eigenvalue weighted by atomic mass is 16.2. The third-order valence-corrected chi connectivity index (χ3v) is 7.42. The van der Waals surface area contributed by atoms with E-state index in [9.17, 15) is 14.4 Å². The number of rotatable bonds is 5. The van der Waals surface area contributed by atoms with Crippen LogP contribution in [-0.4, -0.2) is 17.6 Å². The summed E-state index contributed by atoms with van der Waals surface area (Å²) in [7, 11) is 0. The molecule has 5 heteroatoms. The van der Waals surface area contributed by atoms with Crippen molar-refractivity contribution in [3.63, 3.8) is 0 Å². The van der Waals surface area contributed by atoms with Gasteiger partial charge in [-0.25, -0.2) is 0 Å². The molecule has 0 aromatic heterocycles. The third-order valence-electron chi connectivity index (χ3n) is 7.42. The molecule has 1 aliphatic heterocycles. The number of carbonyl (C=O) groups excluding carboxylic acids is 3. The van der Waals surface area contributed by atoms with Gasteiger partial charge < -0.3 is 5.73 Å². The van der Waals surface area contributed by atoms with Gasteiger partial charge in [-0.1, -0.05) is 80.6 Å². The quantitative estimate of drug-likeness (QED) is 0.501. The number of carbonyl (C=O) groups is 3. The van der Waals surface area contributed by atoms with E-state index in [4.69, 9.17) is 5.73 Å². The molecule has 0 spiro atoms. The number of para-hydroxylation sites is 1. The lowest BCUT2D eigenvalue weighted by Crippen LogP contribution is -2.42. The van der Waals surface area contributed by atoms with Crippen molar-refractivity contribution in [2.75, 3.05) is 4.90 Å². The highest BCUT2D eigenvalue weighted by molar-refractivity contribution is 6.11. The van der Waals surface area contributed by atoms with Crippen molar-refractivity contribution in [1.82, 2.24) is 0 Å². The van der Waals surface area contributed by atoms with Gasteiger partial charge in [0.1, 0.15) is 0 Å². The van der Waals surface area contributed by atoms with Crippen molar-refractivity contribution in [2.24, 2.45) is 5.73 Å². The van der Waals surface area contributed by atoms with Gasteiger partial charge in [0.15, 0.2) is 5.78 Å². The maximum atomic E-state index is 13.8. The molecule has 1 aliphatic carbocycles. The molecule has 0 radical (unpaired) electrons. The molecule has 2 aliphatic rings. The number of anilines is 1. The van der Waals surface area contributed by atoms with Crippen LogP contribution >= 0.6 is 0 Å². The number of nitrogens with zero attached hydrogens (tertiary/aromatic N) is 1. The summed E-state index contributed by atoms with van der Waals surface area (Å²) >= 11 is 0.